The Bertz CT molecular complexity index is 493. The Balaban J connectivity index is 1.96. The van der Waals surface area contributed by atoms with Crippen molar-refractivity contribution in [3.05, 3.63) is 47.1 Å². The molecule has 1 aromatic carbocycles. The molecule has 100 valence electrons. The summed E-state index contributed by atoms with van der Waals surface area (Å²) in [5, 5.41) is 0. The van der Waals surface area contributed by atoms with Crippen molar-refractivity contribution in [2.75, 3.05) is 6.61 Å². The van der Waals surface area contributed by atoms with Gasteiger partial charge in [-0.05, 0) is 58.7 Å². The van der Waals surface area contributed by atoms with E-state index in [1.165, 1.54) is 12.8 Å². The topological polar surface area (TPSA) is 22.1 Å². The third kappa shape index (κ3) is 4.35. The molecule has 1 aromatic heterocycles. The van der Waals surface area contributed by atoms with E-state index < -0.39 is 0 Å². The second-order valence-electron chi connectivity index (χ2n) is 4.44. The fourth-order valence-electron chi connectivity index (χ4n) is 1.81. The average molecular weight is 320 g/mol. The molecule has 0 aliphatic rings. The minimum atomic E-state index is 0.795. The molecule has 2 rings (SSSR count). The lowest BCUT2D eigenvalue weighted by molar-refractivity contribution is 0.306. The van der Waals surface area contributed by atoms with Gasteiger partial charge in [-0.1, -0.05) is 19.8 Å². The van der Waals surface area contributed by atoms with Crippen LogP contribution in [0.15, 0.2) is 47.1 Å². The highest BCUT2D eigenvalue weighted by molar-refractivity contribution is 9.10. The molecule has 1 heterocycles. The SMILES string of the molecule is CCCCCOc1ccc(-c2ccc(Br)cn2)cc1. The van der Waals surface area contributed by atoms with Crippen LogP contribution < -0.4 is 4.74 Å². The van der Waals surface area contributed by atoms with E-state index in [1.54, 1.807) is 0 Å². The van der Waals surface area contributed by atoms with Gasteiger partial charge >= 0.3 is 0 Å². The zero-order chi connectivity index (χ0) is 13.5. The molecule has 0 amide bonds. The van der Waals surface area contributed by atoms with Crippen LogP contribution in [0.5, 0.6) is 5.75 Å². The highest BCUT2D eigenvalue weighted by atomic mass is 79.9. The molecule has 0 N–H and O–H groups in total. The maximum Gasteiger partial charge on any atom is 0.119 e. The maximum atomic E-state index is 5.69. The lowest BCUT2D eigenvalue weighted by Crippen LogP contribution is -1.96. The van der Waals surface area contributed by atoms with Gasteiger partial charge < -0.3 is 4.74 Å². The Morgan fingerprint density at radius 1 is 1.05 bits per heavy atom. The van der Waals surface area contributed by atoms with Gasteiger partial charge in [0, 0.05) is 16.2 Å². The minimum absolute atomic E-state index is 0.795. The molecular weight excluding hydrogens is 302 g/mol. The summed E-state index contributed by atoms with van der Waals surface area (Å²) < 4.78 is 6.68. The lowest BCUT2D eigenvalue weighted by Gasteiger charge is -2.06. The second kappa shape index (κ2) is 7.29. The van der Waals surface area contributed by atoms with Crippen LogP contribution in [-0.4, -0.2) is 11.6 Å². The fraction of sp³-hybridized carbons (Fsp3) is 0.312. The van der Waals surface area contributed by atoms with E-state index in [1.807, 2.05) is 42.6 Å². The third-order valence-electron chi connectivity index (χ3n) is 2.89. The van der Waals surface area contributed by atoms with Crippen molar-refractivity contribution >= 4 is 15.9 Å². The molecule has 0 aliphatic carbocycles. The Morgan fingerprint density at radius 3 is 2.47 bits per heavy atom. The fourth-order valence-corrected chi connectivity index (χ4v) is 2.05. The number of ether oxygens (including phenoxy) is 1. The van der Waals surface area contributed by atoms with Crippen molar-refractivity contribution in [1.29, 1.82) is 0 Å². The first kappa shape index (κ1) is 14.1. The molecule has 2 aromatic rings. The first-order chi connectivity index (χ1) is 9.29. The molecule has 19 heavy (non-hydrogen) atoms. The smallest absolute Gasteiger partial charge is 0.119 e. The van der Waals surface area contributed by atoms with Gasteiger partial charge in [0.25, 0.3) is 0 Å². The van der Waals surface area contributed by atoms with E-state index in [-0.39, 0.29) is 0 Å². The van der Waals surface area contributed by atoms with Gasteiger partial charge in [-0.25, -0.2) is 0 Å². The first-order valence-corrected chi connectivity index (χ1v) is 7.43. The zero-order valence-corrected chi connectivity index (χ0v) is 12.7. The van der Waals surface area contributed by atoms with Crippen molar-refractivity contribution in [3.63, 3.8) is 0 Å². The normalized spacial score (nSPS) is 10.4. The predicted octanol–water partition coefficient (Wildman–Crippen LogP) is 5.08. The number of unbranched alkanes of at least 4 members (excludes halogenated alkanes) is 2. The van der Waals surface area contributed by atoms with Crippen molar-refractivity contribution in [3.8, 4) is 17.0 Å². The molecule has 0 saturated heterocycles. The number of nitrogens with zero attached hydrogens (tertiary/aromatic N) is 1. The molecule has 0 fully saturated rings. The van der Waals surface area contributed by atoms with Crippen LogP contribution in [0, 0.1) is 0 Å². The number of rotatable bonds is 6. The van der Waals surface area contributed by atoms with E-state index in [4.69, 9.17) is 4.74 Å². The summed E-state index contributed by atoms with van der Waals surface area (Å²) in [6, 6.07) is 12.1. The summed E-state index contributed by atoms with van der Waals surface area (Å²) >= 11 is 3.39. The van der Waals surface area contributed by atoms with E-state index in [0.29, 0.717) is 0 Å². The van der Waals surface area contributed by atoms with Crippen molar-refractivity contribution in [1.82, 2.24) is 4.98 Å². The van der Waals surface area contributed by atoms with E-state index >= 15 is 0 Å². The molecule has 0 radical (unpaired) electrons. The van der Waals surface area contributed by atoms with E-state index in [2.05, 4.69) is 27.8 Å². The number of hydrogen-bond donors (Lipinski definition) is 0. The maximum absolute atomic E-state index is 5.69. The lowest BCUT2D eigenvalue weighted by atomic mass is 10.1. The summed E-state index contributed by atoms with van der Waals surface area (Å²) in [6.07, 6.45) is 5.37. The van der Waals surface area contributed by atoms with Crippen LogP contribution >= 0.6 is 15.9 Å². The third-order valence-corrected chi connectivity index (χ3v) is 3.36. The van der Waals surface area contributed by atoms with Gasteiger partial charge in [-0.3, -0.25) is 4.98 Å². The average Bonchev–Trinajstić information content (AvgIpc) is 2.45. The van der Waals surface area contributed by atoms with E-state index in [9.17, 15) is 0 Å². The molecule has 0 atom stereocenters. The van der Waals surface area contributed by atoms with Crippen molar-refractivity contribution in [2.45, 2.75) is 26.2 Å². The Morgan fingerprint density at radius 2 is 1.84 bits per heavy atom. The molecular formula is C16H18BrNO. The van der Waals surface area contributed by atoms with Gasteiger partial charge in [-0.2, -0.15) is 0 Å². The van der Waals surface area contributed by atoms with Crippen molar-refractivity contribution in [2.24, 2.45) is 0 Å². The minimum Gasteiger partial charge on any atom is -0.494 e. The number of halogens is 1. The number of benzene rings is 1. The summed E-state index contributed by atoms with van der Waals surface area (Å²) in [6.45, 7) is 2.99. The van der Waals surface area contributed by atoms with Gasteiger partial charge in [0.15, 0.2) is 0 Å². The van der Waals surface area contributed by atoms with Crippen LogP contribution in [0.1, 0.15) is 26.2 Å². The molecule has 0 spiro atoms. The quantitative estimate of drug-likeness (QED) is 0.693. The summed E-state index contributed by atoms with van der Waals surface area (Å²) in [7, 11) is 0. The summed E-state index contributed by atoms with van der Waals surface area (Å²) in [5.41, 5.74) is 2.08. The predicted molar refractivity (Wildman–Crippen MR) is 82.4 cm³/mol. The highest BCUT2D eigenvalue weighted by Crippen LogP contribution is 2.22. The molecule has 0 saturated carbocycles. The van der Waals surface area contributed by atoms with Crippen LogP contribution in [0.4, 0.5) is 0 Å². The number of hydrogen-bond acceptors (Lipinski definition) is 2. The zero-order valence-electron chi connectivity index (χ0n) is 11.1. The van der Waals surface area contributed by atoms with E-state index in [0.717, 1.165) is 34.5 Å². The molecule has 0 aliphatic heterocycles. The van der Waals surface area contributed by atoms with Gasteiger partial charge in [0.05, 0.1) is 12.3 Å². The van der Waals surface area contributed by atoms with Gasteiger partial charge in [0.1, 0.15) is 5.75 Å². The highest BCUT2D eigenvalue weighted by Gasteiger charge is 2.00. The van der Waals surface area contributed by atoms with Crippen LogP contribution in [0.2, 0.25) is 0 Å². The Kier molecular flexibility index (Phi) is 5.40. The van der Waals surface area contributed by atoms with Crippen LogP contribution in [-0.2, 0) is 0 Å². The van der Waals surface area contributed by atoms with Crippen molar-refractivity contribution < 1.29 is 4.74 Å². The number of aromatic nitrogens is 1. The van der Waals surface area contributed by atoms with Crippen LogP contribution in [0.25, 0.3) is 11.3 Å². The standard InChI is InChI=1S/C16H18BrNO/c1-2-3-4-11-19-15-8-5-13(6-9-15)16-10-7-14(17)12-18-16/h5-10,12H,2-4,11H2,1H3. The monoisotopic (exact) mass is 319 g/mol. The summed E-state index contributed by atoms with van der Waals surface area (Å²) in [5.74, 6) is 0.928. The van der Waals surface area contributed by atoms with Crippen LogP contribution in [0.3, 0.4) is 0 Å². The van der Waals surface area contributed by atoms with Gasteiger partial charge in [0.2, 0.25) is 0 Å². The molecule has 0 bridgehead atoms. The molecule has 0 unspecified atom stereocenters. The number of pyridine rings is 1. The largest absolute Gasteiger partial charge is 0.494 e. The first-order valence-electron chi connectivity index (χ1n) is 6.64. The van der Waals surface area contributed by atoms with Gasteiger partial charge in [-0.15, -0.1) is 0 Å². The Hall–Kier alpha value is -1.35. The molecule has 3 heteroatoms. The molecule has 2 nitrogen and oxygen atoms in total. The second-order valence-corrected chi connectivity index (χ2v) is 5.36. The Labute approximate surface area is 123 Å². The summed E-state index contributed by atoms with van der Waals surface area (Å²) in [4.78, 5) is 4.38.